The molecule has 0 fully saturated rings. The van der Waals surface area contributed by atoms with Crippen molar-refractivity contribution in [3.05, 3.63) is 41.1 Å². The van der Waals surface area contributed by atoms with Crippen LogP contribution in [0.5, 0.6) is 0 Å². The van der Waals surface area contributed by atoms with Gasteiger partial charge in [-0.15, -0.1) is 0 Å². The molecule has 7 heteroatoms. The van der Waals surface area contributed by atoms with Gasteiger partial charge in [0.25, 0.3) is 5.91 Å². The predicted octanol–water partition coefficient (Wildman–Crippen LogP) is 1.52. The van der Waals surface area contributed by atoms with Crippen LogP contribution in [-0.2, 0) is 27.2 Å². The summed E-state index contributed by atoms with van der Waals surface area (Å²) in [7, 11) is 0. The van der Waals surface area contributed by atoms with Crippen molar-refractivity contribution < 1.29 is 19.1 Å². The summed E-state index contributed by atoms with van der Waals surface area (Å²) >= 11 is 0. The number of ether oxygens (including phenoxy) is 1. The van der Waals surface area contributed by atoms with Crippen LogP contribution in [0, 0.1) is 0 Å². The lowest BCUT2D eigenvalue weighted by Crippen LogP contribution is -2.46. The quantitative estimate of drug-likeness (QED) is 0.753. The molecule has 7 nitrogen and oxygen atoms in total. The number of para-hydroxylation sites is 1. The van der Waals surface area contributed by atoms with Gasteiger partial charge in [0.15, 0.2) is 6.61 Å². The van der Waals surface area contributed by atoms with E-state index in [1.165, 1.54) is 0 Å². The maximum absolute atomic E-state index is 12.7. The van der Waals surface area contributed by atoms with Crippen molar-refractivity contribution in [2.45, 2.75) is 39.2 Å². The zero-order chi connectivity index (χ0) is 19.4. The van der Waals surface area contributed by atoms with Crippen LogP contribution in [0.1, 0.15) is 41.9 Å². The SMILES string of the molecule is CCNC(=O)[C@@H](C)NC(=O)COC(=O)c1c2c(nc3ccccc13)CCC2. The molecule has 0 saturated heterocycles. The predicted molar refractivity (Wildman–Crippen MR) is 100 cm³/mol. The number of nitrogens with one attached hydrogen (secondary N) is 2. The van der Waals surface area contributed by atoms with Gasteiger partial charge in [0, 0.05) is 17.6 Å². The maximum atomic E-state index is 12.7. The van der Waals surface area contributed by atoms with Crippen LogP contribution in [0.25, 0.3) is 10.9 Å². The second kappa shape index (κ2) is 8.16. The van der Waals surface area contributed by atoms with Crippen molar-refractivity contribution in [3.8, 4) is 0 Å². The highest BCUT2D eigenvalue weighted by molar-refractivity contribution is 6.05. The van der Waals surface area contributed by atoms with Crippen LogP contribution < -0.4 is 10.6 Å². The largest absolute Gasteiger partial charge is 0.452 e. The summed E-state index contributed by atoms with van der Waals surface area (Å²) in [6.45, 7) is 3.42. The van der Waals surface area contributed by atoms with E-state index in [2.05, 4.69) is 15.6 Å². The first-order valence-electron chi connectivity index (χ1n) is 9.16. The van der Waals surface area contributed by atoms with Gasteiger partial charge in [-0.25, -0.2) is 4.79 Å². The summed E-state index contributed by atoms with van der Waals surface area (Å²) in [6, 6.07) is 6.74. The summed E-state index contributed by atoms with van der Waals surface area (Å²) in [5.41, 5.74) is 3.09. The van der Waals surface area contributed by atoms with Crippen molar-refractivity contribution in [1.29, 1.82) is 0 Å². The number of benzene rings is 1. The average Bonchev–Trinajstić information content (AvgIpc) is 3.12. The third-order valence-corrected chi connectivity index (χ3v) is 4.58. The Bertz CT molecular complexity index is 894. The summed E-state index contributed by atoms with van der Waals surface area (Å²) in [4.78, 5) is 41.1. The van der Waals surface area contributed by atoms with Crippen molar-refractivity contribution in [3.63, 3.8) is 0 Å². The third-order valence-electron chi connectivity index (χ3n) is 4.58. The lowest BCUT2D eigenvalue weighted by Gasteiger charge is -2.14. The van der Waals surface area contributed by atoms with Gasteiger partial charge in [0.05, 0.1) is 11.1 Å². The standard InChI is InChI=1S/C20H23N3O4/c1-3-21-19(25)12(2)22-17(24)11-27-20(26)18-13-7-4-5-9-15(13)23-16-10-6-8-14(16)18/h4-5,7,9,12H,3,6,8,10-11H2,1-2H3,(H,21,25)(H,22,24)/t12-/m1/s1. The monoisotopic (exact) mass is 369 g/mol. The highest BCUT2D eigenvalue weighted by Gasteiger charge is 2.25. The number of amides is 2. The van der Waals surface area contributed by atoms with Gasteiger partial charge in [-0.05, 0) is 44.7 Å². The molecule has 0 unspecified atom stereocenters. The Morgan fingerprint density at radius 1 is 1.22 bits per heavy atom. The van der Waals surface area contributed by atoms with E-state index >= 15 is 0 Å². The molecule has 0 spiro atoms. The minimum Gasteiger partial charge on any atom is -0.452 e. The molecule has 27 heavy (non-hydrogen) atoms. The Hall–Kier alpha value is -2.96. The lowest BCUT2D eigenvalue weighted by atomic mass is 10.0. The summed E-state index contributed by atoms with van der Waals surface area (Å²) in [5, 5.41) is 5.88. The van der Waals surface area contributed by atoms with E-state index in [4.69, 9.17) is 4.74 Å². The molecule has 0 radical (unpaired) electrons. The number of esters is 1. The topological polar surface area (TPSA) is 97.4 Å². The number of hydrogen-bond acceptors (Lipinski definition) is 5. The summed E-state index contributed by atoms with van der Waals surface area (Å²) in [6.07, 6.45) is 2.56. The van der Waals surface area contributed by atoms with Gasteiger partial charge in [-0.2, -0.15) is 0 Å². The zero-order valence-corrected chi connectivity index (χ0v) is 15.5. The molecular formula is C20H23N3O4. The summed E-state index contributed by atoms with van der Waals surface area (Å²) < 4.78 is 5.25. The molecular weight excluding hydrogens is 346 g/mol. The van der Waals surface area contributed by atoms with Gasteiger partial charge < -0.3 is 15.4 Å². The van der Waals surface area contributed by atoms with E-state index in [0.29, 0.717) is 12.1 Å². The Morgan fingerprint density at radius 2 is 2.00 bits per heavy atom. The summed E-state index contributed by atoms with van der Waals surface area (Å²) in [5.74, 6) is -1.33. The lowest BCUT2D eigenvalue weighted by molar-refractivity contribution is -0.130. The molecule has 0 bridgehead atoms. The van der Waals surface area contributed by atoms with Crippen LogP contribution >= 0.6 is 0 Å². The number of carbonyl (C=O) groups is 3. The van der Waals surface area contributed by atoms with Crippen molar-refractivity contribution in [1.82, 2.24) is 15.6 Å². The van der Waals surface area contributed by atoms with Crippen molar-refractivity contribution in [2.75, 3.05) is 13.2 Å². The fraction of sp³-hybridized carbons (Fsp3) is 0.400. The number of fused-ring (bicyclic) bond motifs is 2. The Labute approximate surface area is 157 Å². The number of aryl methyl sites for hydroxylation is 1. The van der Waals surface area contributed by atoms with E-state index in [1.54, 1.807) is 13.8 Å². The molecule has 1 aliphatic rings. The van der Waals surface area contributed by atoms with Gasteiger partial charge in [0.1, 0.15) is 6.04 Å². The minimum atomic E-state index is -0.692. The van der Waals surface area contributed by atoms with Crippen molar-refractivity contribution in [2.24, 2.45) is 0 Å². The van der Waals surface area contributed by atoms with E-state index in [-0.39, 0.29) is 5.91 Å². The first-order chi connectivity index (χ1) is 13.0. The highest BCUT2D eigenvalue weighted by Crippen LogP contribution is 2.30. The first-order valence-corrected chi connectivity index (χ1v) is 9.16. The first kappa shape index (κ1) is 18.8. The van der Waals surface area contributed by atoms with Crippen LogP contribution in [0.3, 0.4) is 0 Å². The van der Waals surface area contributed by atoms with Gasteiger partial charge in [-0.1, -0.05) is 18.2 Å². The zero-order valence-electron chi connectivity index (χ0n) is 15.5. The van der Waals surface area contributed by atoms with Crippen LogP contribution in [0.2, 0.25) is 0 Å². The number of rotatable bonds is 6. The second-order valence-corrected chi connectivity index (χ2v) is 6.54. The Morgan fingerprint density at radius 3 is 2.78 bits per heavy atom. The van der Waals surface area contributed by atoms with Gasteiger partial charge in [0.2, 0.25) is 5.91 Å². The molecule has 0 aliphatic heterocycles. The Balaban J connectivity index is 1.72. The molecule has 1 aromatic heterocycles. The number of aromatic nitrogens is 1. The fourth-order valence-corrected chi connectivity index (χ4v) is 3.32. The Kier molecular flexibility index (Phi) is 5.69. The number of nitrogens with zero attached hydrogens (tertiary/aromatic N) is 1. The van der Waals surface area contributed by atoms with Crippen LogP contribution in [0.4, 0.5) is 0 Å². The maximum Gasteiger partial charge on any atom is 0.339 e. The van der Waals surface area contributed by atoms with E-state index in [1.807, 2.05) is 24.3 Å². The molecule has 142 valence electrons. The molecule has 3 rings (SSSR count). The fourth-order valence-electron chi connectivity index (χ4n) is 3.32. The molecule has 0 saturated carbocycles. The molecule has 1 aliphatic carbocycles. The average molecular weight is 369 g/mol. The smallest absolute Gasteiger partial charge is 0.339 e. The number of pyridine rings is 1. The van der Waals surface area contributed by atoms with E-state index in [9.17, 15) is 14.4 Å². The molecule has 2 amide bonds. The van der Waals surface area contributed by atoms with Crippen LogP contribution in [-0.4, -0.2) is 42.0 Å². The number of hydrogen-bond donors (Lipinski definition) is 2. The van der Waals surface area contributed by atoms with Crippen molar-refractivity contribution >= 4 is 28.7 Å². The molecule has 1 atom stereocenters. The molecule has 2 aromatic rings. The second-order valence-electron chi connectivity index (χ2n) is 6.54. The minimum absolute atomic E-state index is 0.282. The number of carbonyl (C=O) groups excluding carboxylic acids is 3. The highest BCUT2D eigenvalue weighted by atomic mass is 16.5. The van der Waals surface area contributed by atoms with Crippen LogP contribution in [0.15, 0.2) is 24.3 Å². The number of likely N-dealkylation sites (N-methyl/N-ethyl adjacent to an activating group) is 1. The normalized spacial score (nSPS) is 13.7. The molecule has 1 aromatic carbocycles. The third kappa shape index (κ3) is 4.07. The molecule has 2 N–H and O–H groups in total. The van der Waals surface area contributed by atoms with Gasteiger partial charge >= 0.3 is 5.97 Å². The van der Waals surface area contributed by atoms with E-state index < -0.39 is 24.5 Å². The van der Waals surface area contributed by atoms with E-state index in [0.717, 1.165) is 41.4 Å². The molecule has 1 heterocycles. The van der Waals surface area contributed by atoms with Gasteiger partial charge in [-0.3, -0.25) is 14.6 Å².